The highest BCUT2D eigenvalue weighted by Crippen LogP contribution is 2.15. The molecule has 3 heterocycles. The summed E-state index contributed by atoms with van der Waals surface area (Å²) in [7, 11) is 1.79. The van der Waals surface area contributed by atoms with E-state index >= 15 is 0 Å². The molecule has 0 unspecified atom stereocenters. The van der Waals surface area contributed by atoms with Crippen molar-refractivity contribution in [1.82, 2.24) is 29.9 Å². The second kappa shape index (κ2) is 11.8. The van der Waals surface area contributed by atoms with Gasteiger partial charge in [0.1, 0.15) is 5.82 Å². The normalized spacial score (nSPS) is 16.8. The van der Waals surface area contributed by atoms with Crippen molar-refractivity contribution in [3.63, 3.8) is 0 Å². The predicted octanol–water partition coefficient (Wildman–Crippen LogP) is 2.74. The van der Waals surface area contributed by atoms with Gasteiger partial charge < -0.3 is 19.7 Å². The van der Waals surface area contributed by atoms with Crippen LogP contribution in [0.3, 0.4) is 0 Å². The van der Waals surface area contributed by atoms with E-state index in [1.807, 2.05) is 29.2 Å². The lowest BCUT2D eigenvalue weighted by atomic mass is 10.1. The maximum atomic E-state index is 12.7. The lowest BCUT2D eigenvalue weighted by Crippen LogP contribution is -2.54. The fraction of sp³-hybridized carbons (Fsp3) is 0.545. The number of carbonyl (C=O) groups is 1. The van der Waals surface area contributed by atoms with E-state index in [4.69, 9.17) is 11.6 Å². The number of hydrogen-bond acceptors (Lipinski definition) is 4. The third-order valence-electron chi connectivity index (χ3n) is 5.98. The highest BCUT2D eigenvalue weighted by molar-refractivity contribution is 14.0. The van der Waals surface area contributed by atoms with Crippen LogP contribution in [0.5, 0.6) is 0 Å². The molecule has 1 amide bonds. The van der Waals surface area contributed by atoms with Gasteiger partial charge in [0.15, 0.2) is 11.8 Å². The first-order valence-corrected chi connectivity index (χ1v) is 11.4. The molecule has 0 radical (unpaired) electrons. The minimum atomic E-state index is 0. The lowest BCUT2D eigenvalue weighted by Gasteiger charge is -2.36. The van der Waals surface area contributed by atoms with Crippen molar-refractivity contribution in [2.24, 2.45) is 4.99 Å². The highest BCUT2D eigenvalue weighted by Gasteiger charge is 2.23. The van der Waals surface area contributed by atoms with Crippen LogP contribution >= 0.6 is 35.6 Å². The average Bonchev–Trinajstić information content (AvgIpc) is 3.00. The fourth-order valence-corrected chi connectivity index (χ4v) is 4.48. The molecule has 1 saturated heterocycles. The Kier molecular flexibility index (Phi) is 9.15. The summed E-state index contributed by atoms with van der Waals surface area (Å²) in [5, 5.41) is 12.9. The number of halogens is 2. The molecule has 1 aromatic carbocycles. The summed E-state index contributed by atoms with van der Waals surface area (Å²) >= 11 is 6.04. The van der Waals surface area contributed by atoms with Gasteiger partial charge in [-0.1, -0.05) is 30.2 Å². The predicted molar refractivity (Wildman–Crippen MR) is 136 cm³/mol. The van der Waals surface area contributed by atoms with Crippen molar-refractivity contribution in [2.45, 2.75) is 45.2 Å². The van der Waals surface area contributed by atoms with E-state index in [0.29, 0.717) is 31.1 Å². The average molecular weight is 572 g/mol. The quantitative estimate of drug-likeness (QED) is 0.347. The van der Waals surface area contributed by atoms with Gasteiger partial charge in [-0.3, -0.25) is 9.79 Å². The zero-order valence-corrected chi connectivity index (χ0v) is 21.6. The number of nitrogens with one attached hydrogen (secondary N) is 1. The topological polar surface area (TPSA) is 78.7 Å². The smallest absolute Gasteiger partial charge is 0.227 e. The van der Waals surface area contributed by atoms with Crippen LogP contribution in [-0.4, -0.2) is 69.7 Å². The lowest BCUT2D eigenvalue weighted by molar-refractivity contribution is -0.131. The van der Waals surface area contributed by atoms with Crippen molar-refractivity contribution in [3.8, 4) is 0 Å². The summed E-state index contributed by atoms with van der Waals surface area (Å²) < 4.78 is 2.25. The van der Waals surface area contributed by atoms with Gasteiger partial charge in [-0.05, 0) is 30.5 Å². The molecule has 2 aliphatic rings. The molecule has 174 valence electrons. The molecule has 1 fully saturated rings. The van der Waals surface area contributed by atoms with Crippen molar-refractivity contribution in [1.29, 1.82) is 0 Å². The van der Waals surface area contributed by atoms with Crippen LogP contribution in [0.2, 0.25) is 5.02 Å². The third-order valence-corrected chi connectivity index (χ3v) is 6.21. The maximum absolute atomic E-state index is 12.7. The largest absolute Gasteiger partial charge is 0.349 e. The molecule has 10 heteroatoms. The number of nitrogens with zero attached hydrogens (tertiary/aromatic N) is 6. The molecule has 0 saturated carbocycles. The number of piperazine rings is 1. The summed E-state index contributed by atoms with van der Waals surface area (Å²) in [4.78, 5) is 21.2. The Morgan fingerprint density at radius 2 is 1.88 bits per heavy atom. The number of rotatable bonds is 4. The number of aromatic nitrogens is 3. The van der Waals surface area contributed by atoms with E-state index in [1.165, 1.54) is 19.3 Å². The van der Waals surface area contributed by atoms with Gasteiger partial charge >= 0.3 is 0 Å². The zero-order valence-electron chi connectivity index (χ0n) is 18.5. The monoisotopic (exact) mass is 571 g/mol. The molecule has 1 N–H and O–H groups in total. The minimum absolute atomic E-state index is 0. The number of aliphatic imine (C=N–C) groups is 1. The Morgan fingerprint density at radius 1 is 1.09 bits per heavy atom. The first-order valence-electron chi connectivity index (χ1n) is 11.0. The number of carbonyl (C=O) groups excluding carboxylic acids is 1. The molecule has 0 bridgehead atoms. The Labute approximate surface area is 211 Å². The van der Waals surface area contributed by atoms with E-state index in [1.54, 1.807) is 7.05 Å². The maximum Gasteiger partial charge on any atom is 0.227 e. The summed E-state index contributed by atoms with van der Waals surface area (Å²) in [6.45, 7) is 4.46. The van der Waals surface area contributed by atoms with E-state index in [9.17, 15) is 4.79 Å². The van der Waals surface area contributed by atoms with Gasteiger partial charge in [-0.2, -0.15) is 0 Å². The van der Waals surface area contributed by atoms with Gasteiger partial charge in [0.25, 0.3) is 0 Å². The van der Waals surface area contributed by atoms with Gasteiger partial charge in [0.05, 0.1) is 13.0 Å². The first kappa shape index (κ1) is 24.8. The number of hydrogen-bond donors (Lipinski definition) is 1. The van der Waals surface area contributed by atoms with Crippen LogP contribution in [-0.2, 0) is 30.7 Å². The molecule has 0 aliphatic carbocycles. The minimum Gasteiger partial charge on any atom is -0.349 e. The third kappa shape index (κ3) is 6.12. The SMILES string of the molecule is CN=C(NCc1nnc2n1CCCCC2)N1CCN(C(=O)Cc2cccc(Cl)c2)CC1.I. The molecular formula is C22H31ClIN7O. The Hall–Kier alpha value is -1.88. The zero-order chi connectivity index (χ0) is 21.6. The second-order valence-corrected chi connectivity index (χ2v) is 8.51. The van der Waals surface area contributed by atoms with E-state index in [2.05, 4.69) is 30.0 Å². The molecule has 4 rings (SSSR count). The Bertz CT molecular complexity index is 940. The van der Waals surface area contributed by atoms with Crippen LogP contribution in [0, 0.1) is 0 Å². The molecule has 0 spiro atoms. The summed E-state index contributed by atoms with van der Waals surface area (Å²) in [6.07, 6.45) is 5.00. The van der Waals surface area contributed by atoms with Gasteiger partial charge in [0.2, 0.25) is 5.91 Å². The fourth-order valence-electron chi connectivity index (χ4n) is 4.27. The molecular weight excluding hydrogens is 541 g/mol. The standard InChI is InChI=1S/C22H30ClN7O.HI/c1-24-22(25-16-20-27-26-19-8-3-2-4-9-30(19)20)29-12-10-28(11-13-29)21(31)15-17-6-5-7-18(23)14-17;/h5-7,14H,2-4,8-13,15-16H2,1H3,(H,24,25);1H. The molecule has 0 atom stereocenters. The molecule has 2 aromatic rings. The number of amides is 1. The van der Waals surface area contributed by atoms with Crippen LogP contribution in [0.25, 0.3) is 0 Å². The van der Waals surface area contributed by atoms with Crippen molar-refractivity contribution in [3.05, 3.63) is 46.5 Å². The summed E-state index contributed by atoms with van der Waals surface area (Å²) in [5.74, 6) is 3.04. The van der Waals surface area contributed by atoms with Crippen molar-refractivity contribution < 1.29 is 4.79 Å². The van der Waals surface area contributed by atoms with Gasteiger partial charge in [-0.15, -0.1) is 34.2 Å². The number of benzene rings is 1. The van der Waals surface area contributed by atoms with E-state index in [0.717, 1.165) is 49.2 Å². The number of fused-ring (bicyclic) bond motifs is 1. The number of guanidine groups is 1. The van der Waals surface area contributed by atoms with Crippen molar-refractivity contribution in [2.75, 3.05) is 33.2 Å². The van der Waals surface area contributed by atoms with Crippen LogP contribution in [0.1, 0.15) is 36.5 Å². The second-order valence-electron chi connectivity index (χ2n) is 8.07. The van der Waals surface area contributed by atoms with Crippen LogP contribution in [0.4, 0.5) is 0 Å². The first-order chi connectivity index (χ1) is 15.1. The van der Waals surface area contributed by atoms with Crippen LogP contribution < -0.4 is 5.32 Å². The van der Waals surface area contributed by atoms with E-state index < -0.39 is 0 Å². The molecule has 1 aromatic heterocycles. The summed E-state index contributed by atoms with van der Waals surface area (Å²) in [5.41, 5.74) is 0.949. The molecule has 2 aliphatic heterocycles. The van der Waals surface area contributed by atoms with Gasteiger partial charge in [-0.25, -0.2) is 0 Å². The van der Waals surface area contributed by atoms with Gasteiger partial charge in [0, 0.05) is 51.2 Å². The Balaban J connectivity index is 0.00000289. The Morgan fingerprint density at radius 3 is 2.62 bits per heavy atom. The molecule has 8 nitrogen and oxygen atoms in total. The van der Waals surface area contributed by atoms with Crippen LogP contribution in [0.15, 0.2) is 29.3 Å². The highest BCUT2D eigenvalue weighted by atomic mass is 127. The number of aryl methyl sites for hydroxylation is 1. The summed E-state index contributed by atoms with van der Waals surface area (Å²) in [6, 6.07) is 7.50. The molecule has 32 heavy (non-hydrogen) atoms. The van der Waals surface area contributed by atoms with E-state index in [-0.39, 0.29) is 29.9 Å². The van der Waals surface area contributed by atoms with Crippen molar-refractivity contribution >= 4 is 47.4 Å².